The number of hydrogen-bond acceptors (Lipinski definition) is 5. The number of hydrogen-bond donors (Lipinski definition) is 2. The Morgan fingerprint density at radius 1 is 1.31 bits per heavy atom. The monoisotopic (exact) mass is 348 g/mol. The molecule has 2 aromatic carbocycles. The molecule has 1 aliphatic rings. The van der Waals surface area contributed by atoms with Gasteiger partial charge in [0.25, 0.3) is 0 Å². The van der Waals surface area contributed by atoms with E-state index in [1.807, 2.05) is 24.3 Å². The predicted molar refractivity (Wildman–Crippen MR) is 99.1 cm³/mol. The largest absolute Gasteiger partial charge is 0.489 e. The van der Waals surface area contributed by atoms with Crippen LogP contribution in [0.1, 0.15) is 12.0 Å². The van der Waals surface area contributed by atoms with Crippen LogP contribution >= 0.6 is 0 Å². The van der Waals surface area contributed by atoms with Gasteiger partial charge in [-0.25, -0.2) is 14.4 Å². The van der Waals surface area contributed by atoms with Crippen molar-refractivity contribution in [3.05, 3.63) is 54.0 Å². The molecule has 0 spiro atoms. The van der Waals surface area contributed by atoms with E-state index < -0.39 is 5.82 Å². The average molecular weight is 348 g/mol. The van der Waals surface area contributed by atoms with Crippen molar-refractivity contribution in [2.24, 2.45) is 0 Å². The molecule has 2 N–H and O–H groups in total. The molecule has 5 nitrogen and oxygen atoms in total. The van der Waals surface area contributed by atoms with Gasteiger partial charge < -0.3 is 15.4 Å². The van der Waals surface area contributed by atoms with Crippen LogP contribution in [0.4, 0.5) is 16.0 Å². The van der Waals surface area contributed by atoms with E-state index in [1.54, 1.807) is 12.3 Å². The van der Waals surface area contributed by atoms with Crippen molar-refractivity contribution in [2.75, 3.05) is 18.4 Å². The maximum Gasteiger partial charge on any atom is 0.227 e. The van der Waals surface area contributed by atoms with Crippen LogP contribution in [0.25, 0.3) is 10.9 Å². The van der Waals surface area contributed by atoms with Crippen LogP contribution in [0.2, 0.25) is 0 Å². The molecule has 26 heavy (non-hydrogen) atoms. The summed E-state index contributed by atoms with van der Waals surface area (Å²) < 4.78 is 20.2. The molecule has 1 saturated heterocycles. The van der Waals surface area contributed by atoms with E-state index in [0.29, 0.717) is 16.9 Å². The Hall–Kier alpha value is -3.17. The fourth-order valence-electron chi connectivity index (χ4n) is 2.94. The van der Waals surface area contributed by atoms with Crippen LogP contribution in [0.5, 0.6) is 5.75 Å². The lowest BCUT2D eigenvalue weighted by atomic mass is 10.1. The highest BCUT2D eigenvalue weighted by Gasteiger charge is 2.16. The van der Waals surface area contributed by atoms with Crippen molar-refractivity contribution >= 4 is 22.5 Å². The molecule has 1 aromatic heterocycles. The van der Waals surface area contributed by atoms with Gasteiger partial charge in [0.05, 0.1) is 0 Å². The minimum atomic E-state index is -0.466. The fraction of sp³-hybridized carbons (Fsp3) is 0.200. The predicted octanol–water partition coefficient (Wildman–Crippen LogP) is 3.23. The lowest BCUT2D eigenvalue weighted by Gasteiger charge is -2.13. The van der Waals surface area contributed by atoms with Crippen molar-refractivity contribution in [1.29, 1.82) is 0 Å². The molecule has 0 unspecified atom stereocenters. The van der Waals surface area contributed by atoms with Crippen LogP contribution in [-0.2, 0) is 0 Å². The first-order valence-electron chi connectivity index (χ1n) is 8.38. The van der Waals surface area contributed by atoms with Crippen molar-refractivity contribution < 1.29 is 9.13 Å². The molecule has 1 fully saturated rings. The molecule has 4 rings (SSSR count). The summed E-state index contributed by atoms with van der Waals surface area (Å²) >= 11 is 0. The van der Waals surface area contributed by atoms with Crippen LogP contribution in [-0.4, -0.2) is 29.2 Å². The summed E-state index contributed by atoms with van der Waals surface area (Å²) in [6, 6.07) is 10.5. The van der Waals surface area contributed by atoms with Gasteiger partial charge in [0.15, 0.2) is 5.82 Å². The zero-order valence-electron chi connectivity index (χ0n) is 14.0. The summed E-state index contributed by atoms with van der Waals surface area (Å²) in [5.41, 5.74) is 1.46. The van der Waals surface area contributed by atoms with Crippen molar-refractivity contribution in [1.82, 2.24) is 15.3 Å². The first-order chi connectivity index (χ1) is 12.7. The van der Waals surface area contributed by atoms with Gasteiger partial charge in [-0.05, 0) is 37.2 Å². The molecular weight excluding hydrogens is 331 g/mol. The molecule has 2 heterocycles. The minimum Gasteiger partial charge on any atom is -0.489 e. The number of aromatic nitrogens is 2. The Balaban J connectivity index is 1.57. The number of fused-ring (bicyclic) bond motifs is 1. The molecule has 1 atom stereocenters. The zero-order chi connectivity index (χ0) is 17.9. The third-order valence-electron chi connectivity index (χ3n) is 4.21. The van der Waals surface area contributed by atoms with Crippen LogP contribution in [0.3, 0.4) is 0 Å². The summed E-state index contributed by atoms with van der Waals surface area (Å²) in [7, 11) is 0. The number of benzene rings is 2. The Labute approximate surface area is 150 Å². The Bertz CT molecular complexity index is 993. The van der Waals surface area contributed by atoms with Crippen LogP contribution in [0.15, 0.2) is 42.6 Å². The standard InChI is InChI=1S/C20H17FN4O/c1-2-13-8-14-11-23-20(25-19(14)18(21)9-13)24-15-4-3-5-16(10-15)26-17-6-7-22-12-17/h1,3-5,8-11,17,22H,6-7,12H2,(H,23,24,25)/t17-/m1/s1. The summed E-state index contributed by atoms with van der Waals surface area (Å²) in [5.74, 6) is 3.04. The number of nitrogens with one attached hydrogen (secondary N) is 2. The minimum absolute atomic E-state index is 0.182. The summed E-state index contributed by atoms with van der Waals surface area (Å²) in [6.45, 7) is 1.82. The summed E-state index contributed by atoms with van der Waals surface area (Å²) in [5, 5.41) is 6.93. The highest BCUT2D eigenvalue weighted by molar-refractivity contribution is 5.81. The number of terminal acetylenes is 1. The zero-order valence-corrected chi connectivity index (χ0v) is 14.0. The second kappa shape index (κ2) is 6.98. The molecule has 0 amide bonds. The lowest BCUT2D eigenvalue weighted by molar-refractivity contribution is 0.223. The number of nitrogens with zero attached hydrogens (tertiary/aromatic N) is 2. The van der Waals surface area contributed by atoms with E-state index in [2.05, 4.69) is 26.5 Å². The third kappa shape index (κ3) is 3.44. The highest BCUT2D eigenvalue weighted by Crippen LogP contribution is 2.24. The van der Waals surface area contributed by atoms with E-state index in [9.17, 15) is 4.39 Å². The number of rotatable bonds is 4. The van der Waals surface area contributed by atoms with E-state index in [1.165, 1.54) is 6.07 Å². The molecule has 0 aliphatic carbocycles. The average Bonchev–Trinajstić information content (AvgIpc) is 3.15. The first kappa shape index (κ1) is 16.3. The third-order valence-corrected chi connectivity index (χ3v) is 4.21. The van der Waals surface area contributed by atoms with Crippen molar-refractivity contribution in [3.63, 3.8) is 0 Å². The van der Waals surface area contributed by atoms with Crippen LogP contribution < -0.4 is 15.4 Å². The number of ether oxygens (including phenoxy) is 1. The molecule has 0 radical (unpaired) electrons. The summed E-state index contributed by atoms with van der Waals surface area (Å²) in [4.78, 5) is 8.51. The van der Waals surface area contributed by atoms with E-state index >= 15 is 0 Å². The SMILES string of the molecule is C#Cc1cc(F)c2nc(Nc3cccc(O[C@@H]4CCNC4)c3)ncc2c1. The van der Waals surface area contributed by atoms with Gasteiger partial charge in [-0.3, -0.25) is 0 Å². The summed E-state index contributed by atoms with van der Waals surface area (Å²) in [6.07, 6.45) is 8.06. The highest BCUT2D eigenvalue weighted by atomic mass is 19.1. The molecule has 130 valence electrons. The normalized spacial score (nSPS) is 16.4. The second-order valence-electron chi connectivity index (χ2n) is 6.12. The topological polar surface area (TPSA) is 59.1 Å². The lowest BCUT2D eigenvalue weighted by Crippen LogP contribution is -2.19. The second-order valence-corrected chi connectivity index (χ2v) is 6.12. The van der Waals surface area contributed by atoms with Crippen molar-refractivity contribution in [3.8, 4) is 18.1 Å². The van der Waals surface area contributed by atoms with Gasteiger partial charge in [-0.15, -0.1) is 6.42 Å². The smallest absolute Gasteiger partial charge is 0.227 e. The van der Waals surface area contributed by atoms with E-state index in [4.69, 9.17) is 11.2 Å². The van der Waals surface area contributed by atoms with Crippen LogP contribution in [0, 0.1) is 18.2 Å². The van der Waals surface area contributed by atoms with Gasteiger partial charge in [-0.2, -0.15) is 0 Å². The molecule has 1 aliphatic heterocycles. The van der Waals surface area contributed by atoms with Gasteiger partial charge in [-0.1, -0.05) is 12.0 Å². The number of anilines is 2. The molecule has 3 aromatic rings. The maximum absolute atomic E-state index is 14.2. The number of halogens is 1. The van der Waals surface area contributed by atoms with E-state index in [0.717, 1.165) is 30.9 Å². The molecular formula is C20H17FN4O. The fourth-order valence-corrected chi connectivity index (χ4v) is 2.94. The van der Waals surface area contributed by atoms with Gasteiger partial charge in [0.2, 0.25) is 5.95 Å². The van der Waals surface area contributed by atoms with Gasteiger partial charge in [0.1, 0.15) is 17.4 Å². The quantitative estimate of drug-likeness (QED) is 0.709. The Morgan fingerprint density at radius 3 is 3.04 bits per heavy atom. The maximum atomic E-state index is 14.2. The van der Waals surface area contributed by atoms with E-state index in [-0.39, 0.29) is 11.6 Å². The first-order valence-corrected chi connectivity index (χ1v) is 8.38. The van der Waals surface area contributed by atoms with Gasteiger partial charge >= 0.3 is 0 Å². The van der Waals surface area contributed by atoms with Gasteiger partial charge in [0, 0.05) is 35.4 Å². The Kier molecular flexibility index (Phi) is 4.38. The molecule has 0 bridgehead atoms. The van der Waals surface area contributed by atoms with Crippen molar-refractivity contribution in [2.45, 2.75) is 12.5 Å². The molecule has 0 saturated carbocycles. The Morgan fingerprint density at radius 2 is 2.23 bits per heavy atom. The molecule has 6 heteroatoms.